The first-order valence-electron chi connectivity index (χ1n) is 11.0. The fourth-order valence-corrected chi connectivity index (χ4v) is 4.15. The van der Waals surface area contributed by atoms with Gasteiger partial charge in [-0.3, -0.25) is 9.48 Å². The van der Waals surface area contributed by atoms with Crippen LogP contribution >= 0.6 is 15.9 Å². The number of benzene rings is 2. The Balaban J connectivity index is 1.45. The summed E-state index contributed by atoms with van der Waals surface area (Å²) < 4.78 is 63.1. The molecule has 0 aliphatic carbocycles. The average molecular weight is 589 g/mol. The van der Waals surface area contributed by atoms with Crippen LogP contribution in [0.25, 0.3) is 16.9 Å². The van der Waals surface area contributed by atoms with Gasteiger partial charge in [-0.25, -0.2) is 13.9 Å². The molecule has 38 heavy (non-hydrogen) atoms. The number of carbonyl (C=O) groups excluding carboxylic acids is 1. The van der Waals surface area contributed by atoms with Crippen molar-refractivity contribution in [2.75, 3.05) is 12.4 Å². The number of ether oxygens (including phenoxy) is 1. The molecule has 0 atom stereocenters. The summed E-state index contributed by atoms with van der Waals surface area (Å²) in [6.45, 7) is 0.0997. The SMILES string of the molecule is COc1ccc(-c2cc(C(F)(F)F)n3nc(C(=O)Nc4nn(Cc5ccccc5F)cc4Br)cc3n2)cc1. The molecule has 0 saturated carbocycles. The number of aromatic nitrogens is 5. The van der Waals surface area contributed by atoms with Gasteiger partial charge < -0.3 is 10.1 Å². The van der Waals surface area contributed by atoms with Crippen LogP contribution in [0.4, 0.5) is 23.4 Å². The molecule has 0 bridgehead atoms. The number of alkyl halides is 3. The predicted octanol–water partition coefficient (Wildman–Crippen LogP) is 5.82. The second-order valence-electron chi connectivity index (χ2n) is 8.12. The number of amides is 1. The number of hydrogen-bond donors (Lipinski definition) is 1. The lowest BCUT2D eigenvalue weighted by atomic mass is 10.1. The highest BCUT2D eigenvalue weighted by atomic mass is 79.9. The van der Waals surface area contributed by atoms with Crippen molar-refractivity contribution >= 4 is 33.3 Å². The van der Waals surface area contributed by atoms with Crippen LogP contribution in [0, 0.1) is 5.82 Å². The van der Waals surface area contributed by atoms with Crippen molar-refractivity contribution in [2.45, 2.75) is 12.7 Å². The molecule has 0 aliphatic rings. The van der Waals surface area contributed by atoms with Gasteiger partial charge in [0.2, 0.25) is 0 Å². The van der Waals surface area contributed by atoms with Gasteiger partial charge in [0, 0.05) is 23.4 Å². The maximum absolute atomic E-state index is 14.0. The molecule has 0 aliphatic heterocycles. The van der Waals surface area contributed by atoms with Crippen LogP contribution in [-0.4, -0.2) is 37.4 Å². The average Bonchev–Trinajstić information content (AvgIpc) is 3.47. The van der Waals surface area contributed by atoms with E-state index >= 15 is 0 Å². The van der Waals surface area contributed by atoms with Crippen molar-refractivity contribution in [3.63, 3.8) is 0 Å². The Kier molecular flexibility index (Phi) is 6.61. The van der Waals surface area contributed by atoms with Crippen LogP contribution in [0.2, 0.25) is 0 Å². The molecule has 0 radical (unpaired) electrons. The molecule has 0 fully saturated rings. The van der Waals surface area contributed by atoms with Gasteiger partial charge in [-0.1, -0.05) is 18.2 Å². The van der Waals surface area contributed by atoms with Gasteiger partial charge in [0.05, 0.1) is 23.8 Å². The molecule has 2 aromatic carbocycles. The second-order valence-corrected chi connectivity index (χ2v) is 8.98. The van der Waals surface area contributed by atoms with Crippen LogP contribution < -0.4 is 10.1 Å². The summed E-state index contributed by atoms with van der Waals surface area (Å²) in [7, 11) is 1.48. The van der Waals surface area contributed by atoms with Crippen molar-refractivity contribution in [2.24, 2.45) is 0 Å². The predicted molar refractivity (Wildman–Crippen MR) is 133 cm³/mol. The second kappa shape index (κ2) is 9.89. The number of nitrogens with zero attached hydrogens (tertiary/aromatic N) is 5. The molecule has 1 amide bonds. The van der Waals surface area contributed by atoms with Crippen LogP contribution in [0.5, 0.6) is 5.75 Å². The molecule has 0 spiro atoms. The molecule has 3 heterocycles. The maximum atomic E-state index is 14.0. The number of hydrogen-bond acceptors (Lipinski definition) is 5. The molecular weight excluding hydrogens is 572 g/mol. The van der Waals surface area contributed by atoms with Crippen molar-refractivity contribution in [1.29, 1.82) is 0 Å². The lowest BCUT2D eigenvalue weighted by Gasteiger charge is -2.11. The first kappa shape index (κ1) is 25.4. The third kappa shape index (κ3) is 5.09. The summed E-state index contributed by atoms with van der Waals surface area (Å²) >= 11 is 3.28. The van der Waals surface area contributed by atoms with Crippen molar-refractivity contribution in [3.05, 3.63) is 94.1 Å². The smallest absolute Gasteiger partial charge is 0.433 e. The Morgan fingerprint density at radius 1 is 1.08 bits per heavy atom. The van der Waals surface area contributed by atoms with E-state index in [0.29, 0.717) is 25.9 Å². The van der Waals surface area contributed by atoms with Gasteiger partial charge in [-0.2, -0.15) is 23.4 Å². The number of rotatable bonds is 6. The third-order valence-electron chi connectivity index (χ3n) is 5.58. The van der Waals surface area contributed by atoms with E-state index in [4.69, 9.17) is 4.74 Å². The molecule has 5 aromatic rings. The molecule has 3 aromatic heterocycles. The Bertz CT molecular complexity index is 1650. The zero-order valence-corrected chi connectivity index (χ0v) is 21.1. The lowest BCUT2D eigenvalue weighted by Crippen LogP contribution is -2.16. The van der Waals surface area contributed by atoms with Gasteiger partial charge in [-0.15, -0.1) is 0 Å². The van der Waals surface area contributed by atoms with E-state index in [0.717, 1.165) is 12.1 Å². The van der Waals surface area contributed by atoms with E-state index in [1.165, 1.54) is 24.1 Å². The minimum Gasteiger partial charge on any atom is -0.497 e. The summed E-state index contributed by atoms with van der Waals surface area (Å²) in [6.07, 6.45) is -3.23. The van der Waals surface area contributed by atoms with Crippen LogP contribution in [0.15, 0.2) is 71.3 Å². The van der Waals surface area contributed by atoms with E-state index in [-0.39, 0.29) is 29.4 Å². The molecule has 13 heteroatoms. The Morgan fingerprint density at radius 2 is 1.82 bits per heavy atom. The number of anilines is 1. The molecule has 194 valence electrons. The van der Waals surface area contributed by atoms with Gasteiger partial charge in [-0.05, 0) is 52.3 Å². The Hall–Kier alpha value is -4.26. The lowest BCUT2D eigenvalue weighted by molar-refractivity contribution is -0.142. The zero-order chi connectivity index (χ0) is 27.0. The van der Waals surface area contributed by atoms with E-state index in [2.05, 4.69) is 36.4 Å². The highest BCUT2D eigenvalue weighted by Gasteiger charge is 2.35. The van der Waals surface area contributed by atoms with Gasteiger partial charge in [0.25, 0.3) is 5.91 Å². The summed E-state index contributed by atoms with van der Waals surface area (Å²) in [4.78, 5) is 17.2. The number of fused-ring (bicyclic) bond motifs is 1. The van der Waals surface area contributed by atoms with Crippen LogP contribution in [0.1, 0.15) is 21.7 Å². The maximum Gasteiger partial charge on any atom is 0.433 e. The van der Waals surface area contributed by atoms with E-state index in [1.54, 1.807) is 42.5 Å². The van der Waals surface area contributed by atoms with Crippen molar-refractivity contribution in [1.82, 2.24) is 24.4 Å². The van der Waals surface area contributed by atoms with Gasteiger partial charge >= 0.3 is 6.18 Å². The standard InChI is InChI=1S/C25H17BrF4N6O2/c1-38-16-8-6-14(7-9-16)19-10-21(25(28,29)30)36-22(31-19)11-20(33-36)24(37)32-23-17(26)13-35(34-23)12-15-4-2-3-5-18(15)27/h2-11,13H,12H2,1H3,(H,32,34,37). The largest absolute Gasteiger partial charge is 0.497 e. The van der Waals surface area contributed by atoms with Crippen molar-refractivity contribution < 1.29 is 27.1 Å². The highest BCUT2D eigenvalue weighted by Crippen LogP contribution is 2.33. The molecule has 5 rings (SSSR count). The number of nitrogens with one attached hydrogen (secondary N) is 1. The minimum absolute atomic E-state index is 0.0500. The zero-order valence-electron chi connectivity index (χ0n) is 19.5. The van der Waals surface area contributed by atoms with Gasteiger partial charge in [0.15, 0.2) is 22.9 Å². The Labute approximate surface area is 221 Å². The third-order valence-corrected chi connectivity index (χ3v) is 6.16. The fraction of sp³-hybridized carbons (Fsp3) is 0.120. The van der Waals surface area contributed by atoms with E-state index < -0.39 is 23.6 Å². The number of carbonyl (C=O) groups is 1. The molecule has 0 saturated heterocycles. The van der Waals surface area contributed by atoms with Crippen LogP contribution in [0.3, 0.4) is 0 Å². The normalized spacial score (nSPS) is 11.6. The van der Waals surface area contributed by atoms with Gasteiger partial charge in [0.1, 0.15) is 11.6 Å². The molecule has 0 unspecified atom stereocenters. The fourth-order valence-electron chi connectivity index (χ4n) is 3.73. The molecular formula is C25H17BrF4N6O2. The highest BCUT2D eigenvalue weighted by molar-refractivity contribution is 9.10. The number of halogens is 5. The summed E-state index contributed by atoms with van der Waals surface area (Å²) in [5.74, 6) is -0.578. The summed E-state index contributed by atoms with van der Waals surface area (Å²) in [5, 5.41) is 10.6. The first-order valence-corrected chi connectivity index (χ1v) is 11.8. The van der Waals surface area contributed by atoms with E-state index in [9.17, 15) is 22.4 Å². The molecule has 8 nitrogen and oxygen atoms in total. The topological polar surface area (TPSA) is 86.3 Å². The number of methoxy groups -OCH3 is 1. The Morgan fingerprint density at radius 3 is 2.50 bits per heavy atom. The monoisotopic (exact) mass is 588 g/mol. The summed E-state index contributed by atoms with van der Waals surface area (Å²) in [5.41, 5.74) is -0.698. The summed E-state index contributed by atoms with van der Waals surface area (Å²) in [6, 6.07) is 14.6. The quantitative estimate of drug-likeness (QED) is 0.252. The van der Waals surface area contributed by atoms with Crippen molar-refractivity contribution in [3.8, 4) is 17.0 Å². The molecule has 1 N–H and O–H groups in total. The van der Waals surface area contributed by atoms with E-state index in [1.807, 2.05) is 0 Å². The first-order chi connectivity index (χ1) is 18.1. The minimum atomic E-state index is -4.77. The van der Waals surface area contributed by atoms with Crippen LogP contribution in [-0.2, 0) is 12.7 Å².